The molecule has 3 rings (SSSR count). The standard InChI is InChI=1S/C17H21N3O2S/c1-3-22-12-13-10-20(11-16-15(13)9-18-19(16)2)17(21)7-6-14-5-4-8-23-14/h4-9,13H,3,10-12H2,1-2H3/b7-6+. The fourth-order valence-corrected chi connectivity index (χ4v) is 3.46. The van der Waals surface area contributed by atoms with Gasteiger partial charge in [0.2, 0.25) is 5.91 Å². The van der Waals surface area contributed by atoms with Gasteiger partial charge >= 0.3 is 0 Å². The first-order valence-electron chi connectivity index (χ1n) is 7.78. The van der Waals surface area contributed by atoms with Crippen LogP contribution in [0.2, 0.25) is 0 Å². The molecule has 1 aliphatic rings. The minimum atomic E-state index is 0.0340. The summed E-state index contributed by atoms with van der Waals surface area (Å²) in [5, 5.41) is 6.35. The Morgan fingerprint density at radius 1 is 1.57 bits per heavy atom. The first-order chi connectivity index (χ1) is 11.2. The summed E-state index contributed by atoms with van der Waals surface area (Å²) in [6.07, 6.45) is 5.44. The van der Waals surface area contributed by atoms with E-state index in [9.17, 15) is 4.79 Å². The number of aryl methyl sites for hydroxylation is 1. The van der Waals surface area contributed by atoms with Crippen LogP contribution in [0.4, 0.5) is 0 Å². The molecule has 0 saturated carbocycles. The maximum atomic E-state index is 12.5. The van der Waals surface area contributed by atoms with Crippen molar-refractivity contribution in [2.75, 3.05) is 19.8 Å². The van der Waals surface area contributed by atoms with Gasteiger partial charge in [0, 0.05) is 42.6 Å². The number of fused-ring (bicyclic) bond motifs is 1. The van der Waals surface area contributed by atoms with Crippen LogP contribution in [0.3, 0.4) is 0 Å². The molecule has 122 valence electrons. The smallest absolute Gasteiger partial charge is 0.246 e. The molecule has 2 aromatic rings. The SMILES string of the molecule is CCOCC1CN(C(=O)/C=C/c2cccs2)Cc2c1cnn2C. The molecule has 5 nitrogen and oxygen atoms in total. The quantitative estimate of drug-likeness (QED) is 0.792. The lowest BCUT2D eigenvalue weighted by Crippen LogP contribution is -2.39. The molecule has 23 heavy (non-hydrogen) atoms. The third-order valence-corrected chi connectivity index (χ3v) is 4.92. The molecule has 1 unspecified atom stereocenters. The van der Waals surface area contributed by atoms with Crippen molar-refractivity contribution in [1.29, 1.82) is 0 Å². The van der Waals surface area contributed by atoms with Crippen LogP contribution >= 0.6 is 11.3 Å². The molecule has 2 aromatic heterocycles. The Balaban J connectivity index is 1.76. The molecule has 0 spiro atoms. The van der Waals surface area contributed by atoms with E-state index < -0.39 is 0 Å². The molecular weight excluding hydrogens is 310 g/mol. The van der Waals surface area contributed by atoms with Crippen molar-refractivity contribution < 1.29 is 9.53 Å². The first kappa shape index (κ1) is 16.0. The number of aromatic nitrogens is 2. The molecule has 6 heteroatoms. The van der Waals surface area contributed by atoms with Crippen molar-refractivity contribution in [2.24, 2.45) is 7.05 Å². The zero-order chi connectivity index (χ0) is 16.2. The zero-order valence-corrected chi connectivity index (χ0v) is 14.3. The van der Waals surface area contributed by atoms with E-state index in [1.165, 1.54) is 5.56 Å². The summed E-state index contributed by atoms with van der Waals surface area (Å²) in [6, 6.07) is 3.98. The Kier molecular flexibility index (Phi) is 4.93. The van der Waals surface area contributed by atoms with Crippen molar-refractivity contribution in [3.63, 3.8) is 0 Å². The number of hydrogen-bond acceptors (Lipinski definition) is 4. The highest BCUT2D eigenvalue weighted by Crippen LogP contribution is 2.28. The average Bonchev–Trinajstić information content (AvgIpc) is 3.20. The van der Waals surface area contributed by atoms with Gasteiger partial charge in [0.05, 0.1) is 25.0 Å². The zero-order valence-electron chi connectivity index (χ0n) is 13.4. The van der Waals surface area contributed by atoms with Crippen molar-refractivity contribution in [3.8, 4) is 0 Å². The van der Waals surface area contributed by atoms with Crippen molar-refractivity contribution in [2.45, 2.75) is 19.4 Å². The molecule has 0 N–H and O–H groups in total. The number of thiophene rings is 1. The van der Waals surface area contributed by atoms with E-state index >= 15 is 0 Å². The summed E-state index contributed by atoms with van der Waals surface area (Å²) in [5.41, 5.74) is 2.30. The molecule has 0 fully saturated rings. The molecule has 0 aromatic carbocycles. The van der Waals surface area contributed by atoms with Crippen molar-refractivity contribution >= 4 is 23.3 Å². The van der Waals surface area contributed by atoms with Crippen LogP contribution in [0.1, 0.15) is 29.0 Å². The van der Waals surface area contributed by atoms with Gasteiger partial charge in [0.25, 0.3) is 0 Å². The maximum Gasteiger partial charge on any atom is 0.246 e. The van der Waals surface area contributed by atoms with Crippen LogP contribution in [0, 0.1) is 0 Å². The number of amides is 1. The molecule has 0 radical (unpaired) electrons. The van der Waals surface area contributed by atoms with Crippen LogP contribution in [-0.4, -0.2) is 40.3 Å². The normalized spacial score (nSPS) is 17.7. The second-order valence-corrected chi connectivity index (χ2v) is 6.57. The van der Waals surface area contributed by atoms with Crippen LogP contribution in [0.25, 0.3) is 6.08 Å². The van der Waals surface area contributed by atoms with E-state index in [0.29, 0.717) is 26.3 Å². The lowest BCUT2D eigenvalue weighted by atomic mass is 9.95. The van der Waals surface area contributed by atoms with E-state index in [-0.39, 0.29) is 11.8 Å². The summed E-state index contributed by atoms with van der Waals surface area (Å²) in [7, 11) is 1.92. The number of nitrogens with zero attached hydrogens (tertiary/aromatic N) is 3. The van der Waals surface area contributed by atoms with E-state index in [4.69, 9.17) is 4.74 Å². The van der Waals surface area contributed by atoms with Gasteiger partial charge in [-0.05, 0) is 24.4 Å². The fourth-order valence-electron chi connectivity index (χ4n) is 2.84. The van der Waals surface area contributed by atoms with Gasteiger partial charge in [-0.15, -0.1) is 11.3 Å². The Morgan fingerprint density at radius 2 is 2.43 bits per heavy atom. The highest BCUT2D eigenvalue weighted by Gasteiger charge is 2.30. The van der Waals surface area contributed by atoms with Gasteiger partial charge in [-0.2, -0.15) is 5.10 Å². The van der Waals surface area contributed by atoms with Crippen LogP contribution in [0.15, 0.2) is 29.8 Å². The second-order valence-electron chi connectivity index (χ2n) is 5.59. The lowest BCUT2D eigenvalue weighted by molar-refractivity contribution is -0.127. The number of carbonyl (C=O) groups is 1. The highest BCUT2D eigenvalue weighted by atomic mass is 32.1. The summed E-state index contributed by atoms with van der Waals surface area (Å²) < 4.78 is 7.45. The van der Waals surface area contributed by atoms with E-state index in [1.807, 2.05) is 53.3 Å². The highest BCUT2D eigenvalue weighted by molar-refractivity contribution is 7.10. The molecule has 0 bridgehead atoms. The lowest BCUT2D eigenvalue weighted by Gasteiger charge is -2.32. The average molecular weight is 331 g/mol. The van der Waals surface area contributed by atoms with E-state index in [2.05, 4.69) is 5.10 Å². The van der Waals surface area contributed by atoms with Gasteiger partial charge in [-0.1, -0.05) is 6.07 Å². The second kappa shape index (κ2) is 7.10. The molecule has 1 atom stereocenters. The van der Waals surface area contributed by atoms with Crippen LogP contribution in [0.5, 0.6) is 0 Å². The fraction of sp³-hybridized carbons (Fsp3) is 0.412. The number of carbonyl (C=O) groups excluding carboxylic acids is 1. The van der Waals surface area contributed by atoms with Gasteiger partial charge in [-0.3, -0.25) is 9.48 Å². The first-order valence-corrected chi connectivity index (χ1v) is 8.66. The van der Waals surface area contributed by atoms with E-state index in [1.54, 1.807) is 17.4 Å². The molecule has 1 aliphatic heterocycles. The Labute approximate surface area is 140 Å². The van der Waals surface area contributed by atoms with Crippen molar-refractivity contribution in [1.82, 2.24) is 14.7 Å². The molecule has 0 saturated heterocycles. The summed E-state index contributed by atoms with van der Waals surface area (Å²) >= 11 is 1.62. The molecular formula is C17H21N3O2S. The number of rotatable bonds is 5. The Hall–Kier alpha value is -1.92. The summed E-state index contributed by atoms with van der Waals surface area (Å²) in [6.45, 7) is 4.56. The van der Waals surface area contributed by atoms with Crippen LogP contribution in [-0.2, 0) is 23.1 Å². The van der Waals surface area contributed by atoms with Gasteiger partial charge in [0.15, 0.2) is 0 Å². The summed E-state index contributed by atoms with van der Waals surface area (Å²) in [5.74, 6) is 0.221. The summed E-state index contributed by atoms with van der Waals surface area (Å²) in [4.78, 5) is 15.5. The Morgan fingerprint density at radius 3 is 3.17 bits per heavy atom. The maximum absolute atomic E-state index is 12.5. The predicted molar refractivity (Wildman–Crippen MR) is 91.2 cm³/mol. The largest absolute Gasteiger partial charge is 0.381 e. The van der Waals surface area contributed by atoms with Gasteiger partial charge in [-0.25, -0.2) is 0 Å². The Bertz CT molecular complexity index is 691. The van der Waals surface area contributed by atoms with Gasteiger partial charge < -0.3 is 9.64 Å². The number of hydrogen-bond donors (Lipinski definition) is 0. The molecule has 1 amide bonds. The minimum Gasteiger partial charge on any atom is -0.381 e. The molecule has 3 heterocycles. The van der Waals surface area contributed by atoms with Crippen molar-refractivity contribution in [3.05, 3.63) is 45.9 Å². The topological polar surface area (TPSA) is 47.4 Å². The third-order valence-electron chi connectivity index (χ3n) is 4.08. The number of ether oxygens (including phenoxy) is 1. The minimum absolute atomic E-state index is 0.0340. The molecule has 0 aliphatic carbocycles. The van der Waals surface area contributed by atoms with E-state index in [0.717, 1.165) is 10.6 Å². The monoisotopic (exact) mass is 331 g/mol. The van der Waals surface area contributed by atoms with Gasteiger partial charge in [0.1, 0.15) is 0 Å². The van der Waals surface area contributed by atoms with Crippen LogP contribution < -0.4 is 0 Å². The predicted octanol–water partition coefficient (Wildman–Crippen LogP) is 2.66. The third kappa shape index (κ3) is 3.54.